The van der Waals surface area contributed by atoms with E-state index in [2.05, 4.69) is 44.1 Å². The summed E-state index contributed by atoms with van der Waals surface area (Å²) in [6.45, 7) is 0. The van der Waals surface area contributed by atoms with E-state index in [-0.39, 0.29) is 0 Å². The number of hydrogen-bond donors (Lipinski definition) is 1. The molecule has 1 aromatic heterocycles. The minimum atomic E-state index is 0.460. The second kappa shape index (κ2) is 3.96. The number of aromatic nitrogens is 2. The normalized spacial score (nSPS) is 12.8. The molecule has 0 fully saturated rings. The summed E-state index contributed by atoms with van der Waals surface area (Å²) in [6.07, 6.45) is 6.85. The van der Waals surface area contributed by atoms with Gasteiger partial charge in [-0.3, -0.25) is 0 Å². The van der Waals surface area contributed by atoms with Crippen molar-refractivity contribution in [3.63, 3.8) is 0 Å². The molecule has 1 aliphatic carbocycles. The van der Waals surface area contributed by atoms with Crippen LogP contribution in [0, 0.1) is 0 Å². The predicted octanol–water partition coefficient (Wildman–Crippen LogP) is 3.06. The lowest BCUT2D eigenvalue weighted by Gasteiger charge is -2.09. The number of allylic oxidation sites excluding steroid dienone is 1. The largest absolute Gasteiger partial charge is 0.382 e. The van der Waals surface area contributed by atoms with Crippen LogP contribution in [0.25, 0.3) is 17.3 Å². The summed E-state index contributed by atoms with van der Waals surface area (Å²) < 4.78 is 0.696. The van der Waals surface area contributed by atoms with Crippen molar-refractivity contribution in [1.29, 1.82) is 0 Å². The maximum absolute atomic E-state index is 5.90. The first-order valence-electron chi connectivity index (χ1n) is 5.32. The number of fused-ring (bicyclic) bond motifs is 1. The van der Waals surface area contributed by atoms with Crippen LogP contribution in [-0.2, 0) is 6.42 Å². The summed E-state index contributed by atoms with van der Waals surface area (Å²) in [5.74, 6) is 0.460. The van der Waals surface area contributed by atoms with Crippen LogP contribution in [0.3, 0.4) is 0 Å². The number of rotatable bonds is 1. The first-order valence-corrected chi connectivity index (χ1v) is 6.12. The molecule has 0 saturated carbocycles. The highest BCUT2D eigenvalue weighted by Gasteiger charge is 2.14. The van der Waals surface area contributed by atoms with E-state index in [1.165, 1.54) is 11.1 Å². The van der Waals surface area contributed by atoms with Gasteiger partial charge in [0, 0.05) is 5.56 Å². The third kappa shape index (κ3) is 1.74. The Labute approximate surface area is 108 Å². The molecule has 2 N–H and O–H groups in total. The maximum atomic E-state index is 5.90. The van der Waals surface area contributed by atoms with Gasteiger partial charge >= 0.3 is 0 Å². The quantitative estimate of drug-likeness (QED) is 0.877. The molecule has 1 heterocycles. The second-order valence-corrected chi connectivity index (χ2v) is 4.72. The van der Waals surface area contributed by atoms with Gasteiger partial charge in [0.05, 0.1) is 6.20 Å². The summed E-state index contributed by atoms with van der Waals surface area (Å²) in [5.41, 5.74) is 10.2. The van der Waals surface area contributed by atoms with Gasteiger partial charge in [0.2, 0.25) is 0 Å². The summed E-state index contributed by atoms with van der Waals surface area (Å²) in [4.78, 5) is 8.54. The third-order valence-electron chi connectivity index (χ3n) is 2.85. The summed E-state index contributed by atoms with van der Waals surface area (Å²) >= 11 is 3.33. The van der Waals surface area contributed by atoms with Crippen molar-refractivity contribution in [3.8, 4) is 11.3 Å². The lowest BCUT2D eigenvalue weighted by Crippen LogP contribution is -1.99. The fourth-order valence-corrected chi connectivity index (χ4v) is 2.35. The maximum Gasteiger partial charge on any atom is 0.150 e. The van der Waals surface area contributed by atoms with E-state index in [9.17, 15) is 0 Å². The molecule has 2 aromatic rings. The van der Waals surface area contributed by atoms with Crippen molar-refractivity contribution < 1.29 is 0 Å². The number of anilines is 1. The van der Waals surface area contributed by atoms with Gasteiger partial charge in [-0.1, -0.05) is 30.4 Å². The first kappa shape index (κ1) is 10.5. The smallest absolute Gasteiger partial charge is 0.150 e. The average Bonchev–Trinajstić information content (AvgIpc) is 2.80. The minimum Gasteiger partial charge on any atom is -0.382 e. The Morgan fingerprint density at radius 2 is 2.18 bits per heavy atom. The Morgan fingerprint density at radius 3 is 3.06 bits per heavy atom. The van der Waals surface area contributed by atoms with E-state index in [0.29, 0.717) is 10.4 Å². The lowest BCUT2D eigenvalue weighted by molar-refractivity contribution is 1.17. The van der Waals surface area contributed by atoms with Crippen LogP contribution < -0.4 is 5.73 Å². The molecule has 3 rings (SSSR count). The fourth-order valence-electron chi connectivity index (χ4n) is 2.07. The molecular weight excluding hydrogens is 278 g/mol. The highest BCUT2D eigenvalue weighted by Crippen LogP contribution is 2.32. The number of hydrogen-bond acceptors (Lipinski definition) is 3. The zero-order valence-corrected chi connectivity index (χ0v) is 10.6. The van der Waals surface area contributed by atoms with Crippen molar-refractivity contribution in [2.24, 2.45) is 0 Å². The molecule has 0 radical (unpaired) electrons. The molecule has 0 amide bonds. The van der Waals surface area contributed by atoms with Crippen LogP contribution >= 0.6 is 15.9 Å². The highest BCUT2D eigenvalue weighted by molar-refractivity contribution is 9.10. The van der Waals surface area contributed by atoms with Gasteiger partial charge in [-0.2, -0.15) is 0 Å². The van der Waals surface area contributed by atoms with Crippen LogP contribution in [0.15, 0.2) is 35.1 Å². The summed E-state index contributed by atoms with van der Waals surface area (Å²) in [6, 6.07) is 6.19. The van der Waals surface area contributed by atoms with Crippen molar-refractivity contribution in [3.05, 3.63) is 46.2 Å². The fraction of sp³-hybridized carbons (Fsp3) is 0.0769. The van der Waals surface area contributed by atoms with Gasteiger partial charge in [0.25, 0.3) is 0 Å². The molecule has 0 atom stereocenters. The molecule has 0 aliphatic heterocycles. The first-order chi connectivity index (χ1) is 8.25. The number of halogens is 1. The molecule has 3 nitrogen and oxygen atoms in total. The second-order valence-electron chi connectivity index (χ2n) is 3.91. The number of nitrogen functional groups attached to an aromatic ring is 1. The number of nitrogens with zero attached hydrogens (tertiary/aromatic N) is 2. The molecule has 1 aromatic carbocycles. The van der Waals surface area contributed by atoms with Gasteiger partial charge < -0.3 is 5.73 Å². The van der Waals surface area contributed by atoms with E-state index in [1.54, 1.807) is 6.20 Å². The van der Waals surface area contributed by atoms with Crippen LogP contribution in [0.4, 0.5) is 5.82 Å². The predicted molar refractivity (Wildman–Crippen MR) is 72.3 cm³/mol. The van der Waals surface area contributed by atoms with Crippen LogP contribution in [-0.4, -0.2) is 9.97 Å². The van der Waals surface area contributed by atoms with Crippen molar-refractivity contribution in [1.82, 2.24) is 9.97 Å². The van der Waals surface area contributed by atoms with Gasteiger partial charge in [-0.25, -0.2) is 9.97 Å². The standard InChI is InChI=1S/C13H10BrN3/c14-11-7-16-13(15)12(17-11)10-6-2-4-8-3-1-5-9(8)10/h1-2,4-7H,3H2,(H2,15,16). The van der Waals surface area contributed by atoms with E-state index in [4.69, 9.17) is 5.73 Å². The zero-order chi connectivity index (χ0) is 11.8. The van der Waals surface area contributed by atoms with Crippen LogP contribution in [0.5, 0.6) is 0 Å². The molecule has 84 valence electrons. The molecule has 0 spiro atoms. The molecule has 4 heteroatoms. The summed E-state index contributed by atoms with van der Waals surface area (Å²) in [5, 5.41) is 0. The summed E-state index contributed by atoms with van der Waals surface area (Å²) in [7, 11) is 0. The van der Waals surface area contributed by atoms with E-state index in [0.717, 1.165) is 17.7 Å². The van der Waals surface area contributed by atoms with Gasteiger partial charge in [-0.05, 0) is 33.5 Å². The zero-order valence-electron chi connectivity index (χ0n) is 9.02. The van der Waals surface area contributed by atoms with Crippen LogP contribution in [0.2, 0.25) is 0 Å². The molecule has 0 bridgehead atoms. The van der Waals surface area contributed by atoms with Gasteiger partial charge in [-0.15, -0.1) is 0 Å². The molecule has 0 unspecified atom stereocenters. The Kier molecular flexibility index (Phi) is 2.44. The topological polar surface area (TPSA) is 51.8 Å². The number of benzene rings is 1. The highest BCUT2D eigenvalue weighted by atomic mass is 79.9. The van der Waals surface area contributed by atoms with E-state index < -0.39 is 0 Å². The monoisotopic (exact) mass is 287 g/mol. The van der Waals surface area contributed by atoms with Crippen molar-refractivity contribution in [2.45, 2.75) is 6.42 Å². The Bertz CT molecular complexity index is 620. The third-order valence-corrected chi connectivity index (χ3v) is 3.23. The minimum absolute atomic E-state index is 0.460. The van der Waals surface area contributed by atoms with Gasteiger partial charge in [0.15, 0.2) is 0 Å². The van der Waals surface area contributed by atoms with E-state index >= 15 is 0 Å². The molecule has 0 saturated heterocycles. The number of nitrogens with two attached hydrogens (primary N) is 1. The van der Waals surface area contributed by atoms with E-state index in [1.807, 2.05) is 12.1 Å². The SMILES string of the molecule is Nc1ncc(Br)nc1-c1cccc2c1C=CC2. The average molecular weight is 288 g/mol. The Hall–Kier alpha value is -1.68. The van der Waals surface area contributed by atoms with Crippen LogP contribution in [0.1, 0.15) is 11.1 Å². The molecule has 17 heavy (non-hydrogen) atoms. The van der Waals surface area contributed by atoms with Crippen molar-refractivity contribution >= 4 is 27.8 Å². The lowest BCUT2D eigenvalue weighted by atomic mass is 10.0. The Morgan fingerprint density at radius 1 is 1.29 bits per heavy atom. The van der Waals surface area contributed by atoms with Crippen molar-refractivity contribution in [2.75, 3.05) is 5.73 Å². The Balaban J connectivity index is 2.25. The molecular formula is C13H10BrN3. The molecule has 1 aliphatic rings. The van der Waals surface area contributed by atoms with Gasteiger partial charge in [0.1, 0.15) is 16.1 Å².